The van der Waals surface area contributed by atoms with Gasteiger partial charge in [-0.3, -0.25) is 4.90 Å². The van der Waals surface area contributed by atoms with Crippen LogP contribution in [0.25, 0.3) is 0 Å². The van der Waals surface area contributed by atoms with E-state index >= 15 is 0 Å². The Morgan fingerprint density at radius 1 is 1.42 bits per heavy atom. The molecule has 1 fully saturated rings. The minimum atomic E-state index is -1.88. The molecule has 2 heterocycles. The first kappa shape index (κ1) is 20.6. The highest BCUT2D eigenvalue weighted by molar-refractivity contribution is 6.58. The van der Waals surface area contributed by atoms with Crippen LogP contribution in [0.2, 0.25) is 0 Å². The molecule has 2 N–H and O–H groups in total. The van der Waals surface area contributed by atoms with E-state index in [-0.39, 0.29) is 17.6 Å². The molecule has 1 saturated heterocycles. The SMILES string of the molecule is CC1CN(C(=O)OC(C)(C)C)CCN1CCc1cnc(F)c(B(O)O)c1. The lowest BCUT2D eigenvalue weighted by Gasteiger charge is -2.40. The number of aromatic nitrogens is 1. The van der Waals surface area contributed by atoms with Gasteiger partial charge in [0.15, 0.2) is 0 Å². The molecule has 1 aliphatic heterocycles. The van der Waals surface area contributed by atoms with Crippen LogP contribution < -0.4 is 5.46 Å². The van der Waals surface area contributed by atoms with Gasteiger partial charge >= 0.3 is 13.2 Å². The molecule has 0 radical (unpaired) electrons. The molecule has 9 heteroatoms. The van der Waals surface area contributed by atoms with Gasteiger partial charge in [-0.05, 0) is 39.7 Å². The quantitative estimate of drug-likeness (QED) is 0.591. The molecular weight excluding hydrogens is 340 g/mol. The average Bonchev–Trinajstić information content (AvgIpc) is 2.53. The number of carbonyl (C=O) groups is 1. The first-order chi connectivity index (χ1) is 12.1. The molecular formula is C17H27BFN3O4. The van der Waals surface area contributed by atoms with Gasteiger partial charge in [0.1, 0.15) is 5.60 Å². The second-order valence-corrected chi connectivity index (χ2v) is 7.66. The average molecular weight is 367 g/mol. The Morgan fingerprint density at radius 3 is 2.69 bits per heavy atom. The fourth-order valence-corrected chi connectivity index (χ4v) is 2.92. The van der Waals surface area contributed by atoms with Crippen molar-refractivity contribution in [2.45, 2.75) is 45.8 Å². The summed E-state index contributed by atoms with van der Waals surface area (Å²) < 4.78 is 18.8. The number of pyridine rings is 1. The Hall–Kier alpha value is -1.71. The number of rotatable bonds is 4. The van der Waals surface area contributed by atoms with Crippen LogP contribution in [0.15, 0.2) is 12.3 Å². The summed E-state index contributed by atoms with van der Waals surface area (Å²) in [7, 11) is -1.88. The van der Waals surface area contributed by atoms with E-state index in [1.807, 2.05) is 27.7 Å². The van der Waals surface area contributed by atoms with Gasteiger partial charge in [0, 0.05) is 43.9 Å². The Morgan fingerprint density at radius 2 is 2.12 bits per heavy atom. The van der Waals surface area contributed by atoms with Crippen LogP contribution in [0.4, 0.5) is 9.18 Å². The van der Waals surface area contributed by atoms with Gasteiger partial charge in [0.2, 0.25) is 5.95 Å². The zero-order chi connectivity index (χ0) is 19.5. The highest BCUT2D eigenvalue weighted by atomic mass is 19.1. The summed E-state index contributed by atoms with van der Waals surface area (Å²) in [5, 5.41) is 18.3. The monoisotopic (exact) mass is 367 g/mol. The van der Waals surface area contributed by atoms with Crippen molar-refractivity contribution in [1.29, 1.82) is 0 Å². The maximum atomic E-state index is 13.4. The summed E-state index contributed by atoms with van der Waals surface area (Å²) in [5.41, 5.74) is 0.00345. The summed E-state index contributed by atoms with van der Waals surface area (Å²) in [6.07, 6.45) is 1.71. The molecule has 1 amide bonds. The first-order valence-electron chi connectivity index (χ1n) is 8.79. The van der Waals surface area contributed by atoms with Crippen LogP contribution in [0.5, 0.6) is 0 Å². The molecule has 1 aromatic rings. The van der Waals surface area contributed by atoms with Crippen LogP contribution in [0.1, 0.15) is 33.3 Å². The first-order valence-corrected chi connectivity index (χ1v) is 8.79. The third-order valence-electron chi connectivity index (χ3n) is 4.31. The van der Waals surface area contributed by atoms with E-state index < -0.39 is 18.7 Å². The van der Waals surface area contributed by atoms with Gasteiger partial charge in [0.25, 0.3) is 0 Å². The Balaban J connectivity index is 1.89. The highest BCUT2D eigenvalue weighted by Crippen LogP contribution is 2.15. The predicted molar refractivity (Wildman–Crippen MR) is 96.6 cm³/mol. The predicted octanol–water partition coefficient (Wildman–Crippen LogP) is 0.384. The number of amides is 1. The fourth-order valence-electron chi connectivity index (χ4n) is 2.92. The maximum absolute atomic E-state index is 13.4. The van der Waals surface area contributed by atoms with Gasteiger partial charge < -0.3 is 19.7 Å². The standard InChI is InChI=1S/C17H27BFN3O4/c1-12-11-22(16(23)26-17(2,3)4)8-7-21(12)6-5-13-9-14(18(24)25)15(19)20-10-13/h9-10,12,24-25H,5-8,11H2,1-4H3. The summed E-state index contributed by atoms with van der Waals surface area (Å²) >= 11 is 0. The summed E-state index contributed by atoms with van der Waals surface area (Å²) in [6.45, 7) is 10.2. The smallest absolute Gasteiger partial charge is 0.444 e. The second kappa shape index (κ2) is 8.32. The number of nitrogens with zero attached hydrogens (tertiary/aromatic N) is 3. The topological polar surface area (TPSA) is 86.1 Å². The van der Waals surface area contributed by atoms with Crippen molar-refractivity contribution in [3.63, 3.8) is 0 Å². The largest absolute Gasteiger partial charge is 0.493 e. The van der Waals surface area contributed by atoms with Gasteiger partial charge in [0.05, 0.1) is 0 Å². The zero-order valence-corrected chi connectivity index (χ0v) is 15.8. The Labute approximate surface area is 153 Å². The molecule has 0 aromatic carbocycles. The van der Waals surface area contributed by atoms with Crippen molar-refractivity contribution < 1.29 is 24.0 Å². The van der Waals surface area contributed by atoms with Crippen molar-refractivity contribution in [2.24, 2.45) is 0 Å². The molecule has 26 heavy (non-hydrogen) atoms. The molecule has 1 unspecified atom stereocenters. The Kier molecular flexibility index (Phi) is 6.60. The molecule has 1 aromatic heterocycles. The van der Waals surface area contributed by atoms with Crippen molar-refractivity contribution in [3.8, 4) is 0 Å². The Bertz CT molecular complexity index is 639. The molecule has 0 aliphatic carbocycles. The molecule has 144 valence electrons. The molecule has 0 bridgehead atoms. The lowest BCUT2D eigenvalue weighted by atomic mass is 9.80. The fraction of sp³-hybridized carbons (Fsp3) is 0.647. The third-order valence-corrected chi connectivity index (χ3v) is 4.31. The van der Waals surface area contributed by atoms with Gasteiger partial charge in [-0.2, -0.15) is 4.39 Å². The van der Waals surface area contributed by atoms with Crippen LogP contribution in [-0.2, 0) is 11.2 Å². The van der Waals surface area contributed by atoms with Gasteiger partial charge in [-0.15, -0.1) is 0 Å². The van der Waals surface area contributed by atoms with Crippen LogP contribution in [0, 0.1) is 5.95 Å². The van der Waals surface area contributed by atoms with E-state index in [0.717, 1.165) is 5.56 Å². The van der Waals surface area contributed by atoms with Crippen molar-refractivity contribution in [1.82, 2.24) is 14.8 Å². The van der Waals surface area contributed by atoms with Crippen molar-refractivity contribution >= 4 is 18.7 Å². The zero-order valence-electron chi connectivity index (χ0n) is 15.8. The van der Waals surface area contributed by atoms with Gasteiger partial charge in [-0.25, -0.2) is 9.78 Å². The van der Waals surface area contributed by atoms with E-state index in [9.17, 15) is 9.18 Å². The lowest BCUT2D eigenvalue weighted by Crippen LogP contribution is -2.54. The molecule has 1 atom stereocenters. The normalized spacial score (nSPS) is 18.7. The number of piperazine rings is 1. The molecule has 2 rings (SSSR count). The number of ether oxygens (including phenoxy) is 1. The van der Waals surface area contributed by atoms with E-state index in [2.05, 4.69) is 9.88 Å². The van der Waals surface area contributed by atoms with Crippen LogP contribution in [0.3, 0.4) is 0 Å². The number of carbonyl (C=O) groups excluding carboxylic acids is 1. The van der Waals surface area contributed by atoms with Gasteiger partial charge in [-0.1, -0.05) is 6.07 Å². The van der Waals surface area contributed by atoms with Crippen molar-refractivity contribution in [3.05, 3.63) is 23.8 Å². The number of hydrogen-bond donors (Lipinski definition) is 2. The molecule has 1 aliphatic rings. The summed E-state index contributed by atoms with van der Waals surface area (Å²) in [4.78, 5) is 19.7. The molecule has 0 saturated carbocycles. The minimum absolute atomic E-state index is 0.160. The second-order valence-electron chi connectivity index (χ2n) is 7.66. The van der Waals surface area contributed by atoms with Crippen LogP contribution >= 0.6 is 0 Å². The highest BCUT2D eigenvalue weighted by Gasteiger charge is 2.29. The van der Waals surface area contributed by atoms with E-state index in [4.69, 9.17) is 14.8 Å². The number of hydrogen-bond acceptors (Lipinski definition) is 6. The van der Waals surface area contributed by atoms with E-state index in [1.165, 1.54) is 12.3 Å². The van der Waals surface area contributed by atoms with Crippen molar-refractivity contribution in [2.75, 3.05) is 26.2 Å². The van der Waals surface area contributed by atoms with E-state index in [0.29, 0.717) is 32.6 Å². The summed E-state index contributed by atoms with van der Waals surface area (Å²) in [6, 6.07) is 1.59. The van der Waals surface area contributed by atoms with Crippen LogP contribution in [-0.4, -0.2) is 75.9 Å². The summed E-state index contributed by atoms with van der Waals surface area (Å²) in [5.74, 6) is -0.872. The maximum Gasteiger partial charge on any atom is 0.493 e. The molecule has 0 spiro atoms. The van der Waals surface area contributed by atoms with E-state index in [1.54, 1.807) is 4.90 Å². The third kappa shape index (κ3) is 5.65. The molecule has 7 nitrogen and oxygen atoms in total. The number of halogens is 1. The lowest BCUT2D eigenvalue weighted by molar-refractivity contribution is 0.00597. The minimum Gasteiger partial charge on any atom is -0.444 e.